The number of nitrogens with zero attached hydrogens (tertiary/aromatic N) is 10. The first-order valence-corrected chi connectivity index (χ1v) is 24.0. The van der Waals surface area contributed by atoms with Crippen LogP contribution in [-0.2, 0) is 68.8 Å². The number of Topliss-reactive ketones (excluding diaryl/α,β-unsaturated/α-hetero) is 4. The van der Waals surface area contributed by atoms with Gasteiger partial charge in [0.1, 0.15) is 6.61 Å². The van der Waals surface area contributed by atoms with E-state index in [0.717, 1.165) is 45.0 Å². The van der Waals surface area contributed by atoms with E-state index >= 15 is 0 Å². The average Bonchev–Trinajstić information content (AvgIpc) is 3.38. The van der Waals surface area contributed by atoms with Gasteiger partial charge in [-0.05, 0) is 52.1 Å². The maximum atomic E-state index is 12.1. The van der Waals surface area contributed by atoms with Crippen molar-refractivity contribution in [1.29, 1.82) is 0 Å². The van der Waals surface area contributed by atoms with E-state index in [1.807, 2.05) is 97.1 Å². The van der Waals surface area contributed by atoms with Crippen LogP contribution in [0.2, 0.25) is 0 Å². The van der Waals surface area contributed by atoms with E-state index in [0.29, 0.717) is 44.0 Å². The maximum Gasteiger partial charge on any atom is 1.00 e. The minimum absolute atomic E-state index is 0. The van der Waals surface area contributed by atoms with Gasteiger partial charge in [-0.15, -0.1) is 0 Å². The summed E-state index contributed by atoms with van der Waals surface area (Å²) in [5.74, 6) is -0.826. The number of anilines is 4. The molecular formula is C50H54BrN12NaO10. The molecule has 24 heteroatoms. The number of halogens is 1. The van der Waals surface area contributed by atoms with Crippen LogP contribution in [0.3, 0.4) is 0 Å². The molecule has 0 saturated carbocycles. The fourth-order valence-corrected chi connectivity index (χ4v) is 8.34. The zero-order chi connectivity index (χ0) is 53.3. The second kappa shape index (κ2) is 32.2. The Morgan fingerprint density at radius 3 is 1.18 bits per heavy atom. The predicted octanol–water partition coefficient (Wildman–Crippen LogP) is 1.78. The van der Waals surface area contributed by atoms with Crippen LogP contribution in [-0.4, -0.2) is 116 Å². The number of rotatable bonds is 11. The third kappa shape index (κ3) is 18.5. The molecule has 0 aliphatic carbocycles. The van der Waals surface area contributed by atoms with Crippen molar-refractivity contribution < 1.29 is 77.8 Å². The van der Waals surface area contributed by atoms with Crippen molar-refractivity contribution in [2.75, 3.05) is 77.3 Å². The van der Waals surface area contributed by atoms with Crippen LogP contribution in [0.5, 0.6) is 0 Å². The van der Waals surface area contributed by atoms with Crippen LogP contribution in [0.4, 0.5) is 22.7 Å². The Bertz CT molecular complexity index is 2690. The monoisotopic (exact) mass is 1080 g/mol. The number of fused-ring (bicyclic) bond motifs is 4. The molecule has 4 aliphatic rings. The van der Waals surface area contributed by atoms with Crippen molar-refractivity contribution in [2.45, 2.75) is 51.4 Å². The molecular weight excluding hydrogens is 1030 g/mol. The zero-order valence-electron chi connectivity index (χ0n) is 40.8. The number of para-hydroxylation sites is 4. The summed E-state index contributed by atoms with van der Waals surface area (Å²) in [6.07, 6.45) is 2.48. The van der Waals surface area contributed by atoms with Gasteiger partial charge in [-0.3, -0.25) is 48.1 Å². The molecule has 0 atom stereocenters. The third-order valence-corrected chi connectivity index (χ3v) is 11.6. The number of hydrogen-bond donors (Lipinski definition) is 3. The van der Waals surface area contributed by atoms with Crippen molar-refractivity contribution in [3.05, 3.63) is 146 Å². The second-order valence-electron chi connectivity index (χ2n) is 16.3. The summed E-state index contributed by atoms with van der Waals surface area (Å²) in [6.45, 7) is 0.535. The zero-order valence-corrected chi connectivity index (χ0v) is 44.4. The Kier molecular flexibility index (Phi) is 26.6. The van der Waals surface area contributed by atoms with Crippen LogP contribution in [0.15, 0.2) is 102 Å². The number of alkyl halides is 1. The number of carbonyl (C=O) groups is 9. The van der Waals surface area contributed by atoms with Gasteiger partial charge < -0.3 is 46.8 Å². The first-order chi connectivity index (χ1) is 35.2. The van der Waals surface area contributed by atoms with E-state index in [4.69, 9.17) is 27.4 Å². The average molecular weight is 1090 g/mol. The molecule has 22 nitrogen and oxygen atoms in total. The third-order valence-electron chi connectivity index (χ3n) is 11.2. The minimum Gasteiger partial charge on any atom is -0.387 e. The quantitative estimate of drug-likeness (QED) is 0.0639. The Balaban J connectivity index is 0.000000255. The number of ketones is 4. The van der Waals surface area contributed by atoms with E-state index in [-0.39, 0.29) is 135 Å². The molecule has 0 saturated heterocycles. The van der Waals surface area contributed by atoms with Gasteiger partial charge in [0.15, 0.2) is 23.1 Å². The van der Waals surface area contributed by atoms with Gasteiger partial charge in [0.25, 0.3) is 0 Å². The summed E-state index contributed by atoms with van der Waals surface area (Å²) < 4.78 is 0. The molecule has 0 aromatic heterocycles. The van der Waals surface area contributed by atoms with Crippen molar-refractivity contribution in [2.24, 2.45) is 10.8 Å². The van der Waals surface area contributed by atoms with Gasteiger partial charge in [-0.25, -0.2) is 0 Å². The molecule has 74 heavy (non-hydrogen) atoms. The summed E-state index contributed by atoms with van der Waals surface area (Å²) in [5, 5.41) is 14.9. The summed E-state index contributed by atoms with van der Waals surface area (Å²) in [7, 11) is 0. The largest absolute Gasteiger partial charge is 1.00 e. The molecule has 4 N–H and O–H groups in total. The molecule has 4 aromatic rings. The first kappa shape index (κ1) is 61.2. The Morgan fingerprint density at radius 2 is 0.865 bits per heavy atom. The number of benzene rings is 4. The van der Waals surface area contributed by atoms with E-state index in [9.17, 15) is 43.2 Å². The minimum atomic E-state index is -0.598. The topological polar surface area (TPSA) is 332 Å². The van der Waals surface area contributed by atoms with E-state index in [2.05, 4.69) is 31.3 Å². The molecule has 0 radical (unpaired) electrons. The van der Waals surface area contributed by atoms with Crippen LogP contribution < -0.4 is 60.2 Å². The van der Waals surface area contributed by atoms with Gasteiger partial charge >= 0.3 is 29.6 Å². The van der Waals surface area contributed by atoms with E-state index < -0.39 is 12.5 Å². The van der Waals surface area contributed by atoms with Crippen LogP contribution in [0.1, 0.15) is 47.9 Å². The molecule has 382 valence electrons. The number of aliphatic hydroxyl groups is 1. The summed E-state index contributed by atoms with van der Waals surface area (Å²) in [5.41, 5.74) is 33.9. The second-order valence-corrected chi connectivity index (χ2v) is 17.1. The number of nitrogens with two attached hydrogens (primary N) is 1. The number of amides is 5. The Hall–Kier alpha value is -7.07. The number of azide groups is 1. The first-order valence-electron chi connectivity index (χ1n) is 22.9. The smallest absolute Gasteiger partial charge is 0.387 e. The predicted molar refractivity (Wildman–Crippen MR) is 276 cm³/mol. The molecule has 4 aliphatic heterocycles. The van der Waals surface area contributed by atoms with Crippen molar-refractivity contribution in [3.63, 3.8) is 0 Å². The number of nitrogens with one attached hydrogen (secondary N) is 1. The fourth-order valence-electron chi connectivity index (χ4n) is 8.00. The summed E-state index contributed by atoms with van der Waals surface area (Å²) in [4.78, 5) is 115. The fraction of sp³-hybridized carbons (Fsp3) is 0.340. The number of hydrogen-bond acceptors (Lipinski definition) is 12. The van der Waals surface area contributed by atoms with Crippen molar-refractivity contribution >= 4 is 91.3 Å². The van der Waals surface area contributed by atoms with Gasteiger partial charge in [0.05, 0.1) is 26.2 Å². The number of aliphatic hydroxyl groups excluding tert-OH is 1. The summed E-state index contributed by atoms with van der Waals surface area (Å²) >= 11 is 3.24. The SMILES string of the molecule is NCCC(=O)N1CC(=O)Cc2ccccc21.O=C1Cc2ccccc2N(C(=O)CCBr)C1.O=C1Cc2ccccc2N(C(=O)CCNC(=O)CO)C1.[N-]=[N+]=NCCC(=O)N1CC(=O)Cc2ccccc21.[N-]=[N+]=[N-].[Na+]. The molecule has 0 bridgehead atoms. The Labute approximate surface area is 457 Å². The molecule has 4 aromatic carbocycles. The number of carbonyl (C=O) groups excluding carboxylic acids is 9. The molecule has 0 fully saturated rings. The van der Waals surface area contributed by atoms with Crippen molar-refractivity contribution in [1.82, 2.24) is 5.32 Å². The Morgan fingerprint density at radius 1 is 0.554 bits per heavy atom. The van der Waals surface area contributed by atoms with Gasteiger partial charge in [0.2, 0.25) is 29.5 Å². The van der Waals surface area contributed by atoms with Crippen LogP contribution >= 0.6 is 15.9 Å². The van der Waals surface area contributed by atoms with Gasteiger partial charge in [-0.1, -0.05) is 93.8 Å². The molecule has 0 unspecified atom stereocenters. The molecule has 5 amide bonds. The standard InChI is InChI=1S/C14H16N2O4.C12H12BrNO2.C12H12N4O2.C12H14N2O2.N3.Na/c17-9-13(19)15-6-5-14(20)16-8-11(18)7-10-3-1-2-4-12(10)16;13-6-5-12(16)14-8-10(15)7-9-3-1-2-4-11(9)14;13-15-14-6-5-12(18)16-8-10(17)7-9-3-1-2-4-11(9)16;13-6-5-12(16)14-8-10(15)7-9-3-1-2-4-11(9)14;1-3-2;/h1-4,17H,5-9H2,(H,15,19);1-4H,5-8H2;1-4H,5-8H2;1-4H,5-8,13H2;;/q;;;;-1;+1. The summed E-state index contributed by atoms with van der Waals surface area (Å²) in [6, 6.07) is 29.7. The van der Waals surface area contributed by atoms with Crippen LogP contribution in [0, 0.1) is 0 Å². The van der Waals surface area contributed by atoms with Gasteiger partial charge in [0, 0.05) is 104 Å². The van der Waals surface area contributed by atoms with E-state index in [1.165, 1.54) is 19.6 Å². The van der Waals surface area contributed by atoms with Crippen LogP contribution in [0.25, 0.3) is 26.4 Å². The van der Waals surface area contributed by atoms with Crippen molar-refractivity contribution in [3.8, 4) is 0 Å². The molecule has 0 spiro atoms. The van der Waals surface area contributed by atoms with E-state index in [1.54, 1.807) is 4.90 Å². The molecule has 4 heterocycles. The van der Waals surface area contributed by atoms with Gasteiger partial charge in [-0.2, -0.15) is 0 Å². The normalized spacial score (nSPS) is 13.6. The maximum absolute atomic E-state index is 12.1. The molecule has 8 rings (SSSR count).